The molecule has 156 valence electrons. The molecule has 2 aliphatic heterocycles. The number of carbonyl (C=O) groups is 1. The van der Waals surface area contributed by atoms with E-state index in [1.54, 1.807) is 19.1 Å². The van der Waals surface area contributed by atoms with Crippen molar-refractivity contribution >= 4 is 25.6 Å². The van der Waals surface area contributed by atoms with Crippen molar-refractivity contribution in [3.8, 4) is 5.75 Å². The first-order valence-corrected chi connectivity index (χ1v) is 12.5. The molecule has 0 radical (unpaired) electrons. The van der Waals surface area contributed by atoms with Crippen molar-refractivity contribution in [2.24, 2.45) is 11.7 Å². The maximum Gasteiger partial charge on any atom is 0.220 e. The van der Waals surface area contributed by atoms with Crippen LogP contribution in [0.2, 0.25) is 0 Å². The third kappa shape index (κ3) is 4.04. The zero-order valence-corrected chi connectivity index (χ0v) is 17.6. The largest absolute Gasteiger partial charge is 0.495 e. The molecule has 0 aromatic heterocycles. The van der Waals surface area contributed by atoms with E-state index in [1.165, 1.54) is 13.2 Å². The minimum absolute atomic E-state index is 0.0223. The van der Waals surface area contributed by atoms with Crippen LogP contribution in [0, 0.1) is 12.8 Å². The summed E-state index contributed by atoms with van der Waals surface area (Å²) in [5.74, 6) is -1.02. The summed E-state index contributed by atoms with van der Waals surface area (Å²) in [4.78, 5) is 13.3. The van der Waals surface area contributed by atoms with E-state index in [9.17, 15) is 21.6 Å². The number of nitrogens with zero attached hydrogens (tertiary/aromatic N) is 1. The van der Waals surface area contributed by atoms with Crippen molar-refractivity contribution in [1.82, 2.24) is 4.90 Å². The number of hydrogen-bond acceptors (Lipinski definition) is 7. The van der Waals surface area contributed by atoms with Gasteiger partial charge in [-0.3, -0.25) is 9.69 Å². The molecule has 0 saturated carbocycles. The summed E-state index contributed by atoms with van der Waals surface area (Å²) < 4.78 is 56.8. The van der Waals surface area contributed by atoms with Crippen LogP contribution in [0.4, 0.5) is 0 Å². The van der Waals surface area contributed by atoms with E-state index in [2.05, 4.69) is 0 Å². The topological polar surface area (TPSA) is 124 Å². The average Bonchev–Trinajstić information content (AvgIpc) is 2.98. The maximum absolute atomic E-state index is 13.4. The lowest BCUT2D eigenvalue weighted by molar-refractivity contribution is -0.123. The third-order valence-electron chi connectivity index (χ3n) is 5.70. The van der Waals surface area contributed by atoms with Gasteiger partial charge in [-0.2, -0.15) is 0 Å². The van der Waals surface area contributed by atoms with Crippen LogP contribution in [0.5, 0.6) is 5.75 Å². The molecule has 1 aromatic carbocycles. The summed E-state index contributed by atoms with van der Waals surface area (Å²) in [7, 11) is -6.05. The monoisotopic (exact) mass is 430 g/mol. The standard InChI is InChI=1S/C18H26N2O6S2/c1-12-3-4-15(26-2)16(9-12)28(24,25)17-11-27(22,23)10-14(17)20-7-5-13(6-8-20)18(19)21/h3-4,9,13-14,17H,5-8,10-11H2,1-2H3,(H2,19,21)/t14-,17-/m0/s1. The number of amides is 1. The van der Waals surface area contributed by atoms with Gasteiger partial charge in [0.1, 0.15) is 10.6 Å². The van der Waals surface area contributed by atoms with E-state index >= 15 is 0 Å². The summed E-state index contributed by atoms with van der Waals surface area (Å²) in [6.07, 6.45) is 1.01. The molecule has 0 unspecified atom stereocenters. The van der Waals surface area contributed by atoms with E-state index in [0.29, 0.717) is 25.9 Å². The number of rotatable bonds is 5. The number of methoxy groups -OCH3 is 1. The molecule has 2 heterocycles. The van der Waals surface area contributed by atoms with Crippen molar-refractivity contribution in [3.63, 3.8) is 0 Å². The lowest BCUT2D eigenvalue weighted by Crippen LogP contribution is -2.50. The number of ether oxygens (including phenoxy) is 1. The number of hydrogen-bond donors (Lipinski definition) is 1. The van der Waals surface area contributed by atoms with Gasteiger partial charge in [0.25, 0.3) is 0 Å². The molecule has 2 N–H and O–H groups in total. The summed E-state index contributed by atoms with van der Waals surface area (Å²) in [5, 5.41) is -1.07. The molecule has 1 amide bonds. The van der Waals surface area contributed by atoms with Crippen LogP contribution in [-0.2, 0) is 24.5 Å². The Kier molecular flexibility index (Phi) is 5.75. The Bertz CT molecular complexity index is 966. The number of carbonyl (C=O) groups excluding carboxylic acids is 1. The molecule has 2 fully saturated rings. The SMILES string of the molecule is COc1ccc(C)cc1S(=O)(=O)[C@H]1CS(=O)(=O)C[C@@H]1N1CCC(C(N)=O)CC1. The lowest BCUT2D eigenvalue weighted by atomic mass is 9.95. The number of benzene rings is 1. The molecular formula is C18H26N2O6S2. The van der Waals surface area contributed by atoms with Gasteiger partial charge in [-0.25, -0.2) is 16.8 Å². The van der Waals surface area contributed by atoms with Crippen molar-refractivity contribution in [3.05, 3.63) is 23.8 Å². The molecular weight excluding hydrogens is 404 g/mol. The zero-order valence-electron chi connectivity index (χ0n) is 16.0. The summed E-state index contributed by atoms with van der Waals surface area (Å²) in [6, 6.07) is 4.21. The van der Waals surface area contributed by atoms with Gasteiger partial charge < -0.3 is 10.5 Å². The Hall–Kier alpha value is -1.65. The minimum Gasteiger partial charge on any atom is -0.495 e. The Labute approximate surface area is 165 Å². The van der Waals surface area contributed by atoms with Gasteiger partial charge in [0, 0.05) is 12.0 Å². The van der Waals surface area contributed by atoms with E-state index in [0.717, 1.165) is 5.56 Å². The number of primary amides is 1. The smallest absolute Gasteiger partial charge is 0.220 e. The van der Waals surface area contributed by atoms with E-state index in [1.807, 2.05) is 4.90 Å². The fourth-order valence-electron chi connectivity index (χ4n) is 4.12. The van der Waals surface area contributed by atoms with Crippen molar-refractivity contribution < 1.29 is 26.4 Å². The predicted octanol–water partition coefficient (Wildman–Crippen LogP) is 0.140. The van der Waals surface area contributed by atoms with Crippen LogP contribution in [0.3, 0.4) is 0 Å². The number of nitrogens with two attached hydrogens (primary N) is 1. The first kappa shape index (κ1) is 21.1. The quantitative estimate of drug-likeness (QED) is 0.705. The van der Waals surface area contributed by atoms with Crippen LogP contribution in [0.25, 0.3) is 0 Å². The Balaban J connectivity index is 1.95. The van der Waals surface area contributed by atoms with Gasteiger partial charge >= 0.3 is 0 Å². The van der Waals surface area contributed by atoms with E-state index in [-0.39, 0.29) is 28.2 Å². The maximum atomic E-state index is 13.4. The predicted molar refractivity (Wildman–Crippen MR) is 105 cm³/mol. The Morgan fingerprint density at radius 1 is 1.21 bits per heavy atom. The molecule has 1 aromatic rings. The highest BCUT2D eigenvalue weighted by Crippen LogP contribution is 2.35. The molecule has 8 nitrogen and oxygen atoms in total. The van der Waals surface area contributed by atoms with E-state index < -0.39 is 36.7 Å². The summed E-state index contributed by atoms with van der Waals surface area (Å²) in [5.41, 5.74) is 6.11. The average molecular weight is 431 g/mol. The summed E-state index contributed by atoms with van der Waals surface area (Å²) in [6.45, 7) is 2.67. The van der Waals surface area contributed by atoms with Gasteiger partial charge in [-0.15, -0.1) is 0 Å². The second kappa shape index (κ2) is 7.64. The summed E-state index contributed by atoms with van der Waals surface area (Å²) >= 11 is 0. The second-order valence-corrected chi connectivity index (χ2v) is 11.9. The van der Waals surface area contributed by atoms with Gasteiger partial charge in [-0.05, 0) is 50.6 Å². The fourth-order valence-corrected chi connectivity index (χ4v) is 9.19. The molecule has 10 heteroatoms. The molecule has 0 aliphatic carbocycles. The van der Waals surface area contributed by atoms with Gasteiger partial charge in [0.2, 0.25) is 5.91 Å². The van der Waals surface area contributed by atoms with Gasteiger partial charge in [-0.1, -0.05) is 6.07 Å². The second-order valence-electron chi connectivity index (χ2n) is 7.59. The normalized spacial score (nSPS) is 26.2. The fraction of sp³-hybridized carbons (Fsp3) is 0.611. The Morgan fingerprint density at radius 2 is 1.86 bits per heavy atom. The van der Waals surface area contributed by atoms with Crippen LogP contribution in [-0.4, -0.2) is 70.6 Å². The van der Waals surface area contributed by atoms with Crippen LogP contribution < -0.4 is 10.5 Å². The van der Waals surface area contributed by atoms with Crippen molar-refractivity contribution in [2.45, 2.75) is 36.0 Å². The van der Waals surface area contributed by atoms with Crippen LogP contribution in [0.1, 0.15) is 18.4 Å². The molecule has 28 heavy (non-hydrogen) atoms. The highest BCUT2D eigenvalue weighted by Gasteiger charge is 2.49. The molecule has 2 atom stereocenters. The number of sulfone groups is 2. The zero-order chi connectivity index (χ0) is 20.7. The molecule has 3 rings (SSSR count). The number of piperidine rings is 1. The molecule has 2 saturated heterocycles. The molecule has 2 aliphatic rings. The van der Waals surface area contributed by atoms with Gasteiger partial charge in [0.05, 0.1) is 23.9 Å². The van der Waals surface area contributed by atoms with Gasteiger partial charge in [0.15, 0.2) is 19.7 Å². The van der Waals surface area contributed by atoms with E-state index in [4.69, 9.17) is 10.5 Å². The van der Waals surface area contributed by atoms with Crippen LogP contribution in [0.15, 0.2) is 23.1 Å². The third-order valence-corrected chi connectivity index (χ3v) is 9.83. The highest BCUT2D eigenvalue weighted by molar-refractivity contribution is 7.96. The van der Waals surface area contributed by atoms with Crippen LogP contribution >= 0.6 is 0 Å². The molecule has 0 bridgehead atoms. The first-order chi connectivity index (χ1) is 13.0. The first-order valence-electron chi connectivity index (χ1n) is 9.17. The Morgan fingerprint density at radius 3 is 2.43 bits per heavy atom. The molecule has 0 spiro atoms. The highest BCUT2D eigenvalue weighted by atomic mass is 32.2. The lowest BCUT2D eigenvalue weighted by Gasteiger charge is -2.36. The minimum atomic E-state index is -3.94. The van der Waals surface area contributed by atoms with Crippen molar-refractivity contribution in [1.29, 1.82) is 0 Å². The van der Waals surface area contributed by atoms with Crippen molar-refractivity contribution in [2.75, 3.05) is 31.7 Å². The number of aryl methyl sites for hydroxylation is 1. The number of likely N-dealkylation sites (tertiary alicyclic amines) is 1.